The number of thiazole rings is 1. The van der Waals surface area contributed by atoms with Gasteiger partial charge in [0.1, 0.15) is 17.2 Å². The molecule has 1 unspecified atom stereocenters. The summed E-state index contributed by atoms with van der Waals surface area (Å²) in [6, 6.07) is 25.4. The number of amides is 4. The molecule has 0 bridgehead atoms. The molecule has 78 heavy (non-hydrogen) atoms. The van der Waals surface area contributed by atoms with Gasteiger partial charge in [0.25, 0.3) is 5.91 Å². The maximum absolute atomic E-state index is 15.1. The Morgan fingerprint density at radius 2 is 1.65 bits per heavy atom. The molecular formula is C58H60F3N9O7S. The highest BCUT2D eigenvalue weighted by atomic mass is 32.1. The largest absolute Gasteiger partial charge is 0.491 e. The average molecular weight is 1080 g/mol. The maximum Gasteiger partial charge on any atom is 0.417 e. The van der Waals surface area contributed by atoms with Crippen LogP contribution < -0.4 is 25.6 Å². The summed E-state index contributed by atoms with van der Waals surface area (Å²) in [5, 5.41) is 14.2. The third-order valence-electron chi connectivity index (χ3n) is 14.5. The van der Waals surface area contributed by atoms with Gasteiger partial charge in [-0.3, -0.25) is 39.4 Å². The number of pyridine rings is 1. The van der Waals surface area contributed by atoms with Gasteiger partial charge >= 0.3 is 12.1 Å². The Morgan fingerprint density at radius 1 is 0.872 bits per heavy atom. The van der Waals surface area contributed by atoms with E-state index >= 15 is 13.2 Å². The number of ether oxygens (including phenoxy) is 2. The van der Waals surface area contributed by atoms with E-state index in [4.69, 9.17) is 14.5 Å². The van der Waals surface area contributed by atoms with Crippen LogP contribution >= 0.6 is 11.3 Å². The van der Waals surface area contributed by atoms with Crippen molar-refractivity contribution in [2.24, 2.45) is 13.0 Å². The van der Waals surface area contributed by atoms with Crippen molar-refractivity contribution in [1.29, 1.82) is 0 Å². The predicted octanol–water partition coefficient (Wildman–Crippen LogP) is 10.5. The number of benzene rings is 4. The third kappa shape index (κ3) is 12.0. The van der Waals surface area contributed by atoms with Gasteiger partial charge in [-0.2, -0.15) is 18.3 Å². The molecule has 20 heteroatoms. The van der Waals surface area contributed by atoms with Gasteiger partial charge in [0.15, 0.2) is 10.8 Å². The van der Waals surface area contributed by atoms with E-state index in [1.165, 1.54) is 29.5 Å². The number of aromatic nitrogens is 4. The van der Waals surface area contributed by atoms with Gasteiger partial charge in [0.05, 0.1) is 45.6 Å². The van der Waals surface area contributed by atoms with Crippen LogP contribution in [0.4, 0.5) is 29.8 Å². The zero-order valence-corrected chi connectivity index (χ0v) is 44.8. The molecule has 0 saturated carbocycles. The smallest absolute Gasteiger partial charge is 0.417 e. The Bertz CT molecular complexity index is 3440. The van der Waals surface area contributed by atoms with Gasteiger partial charge in [0, 0.05) is 48.8 Å². The number of hydrogen-bond donors (Lipinski definition) is 3. The summed E-state index contributed by atoms with van der Waals surface area (Å²) < 4.78 is 59.9. The lowest BCUT2D eigenvalue weighted by atomic mass is 9.91. The molecule has 3 aromatic heterocycles. The van der Waals surface area contributed by atoms with Crippen LogP contribution in [0.25, 0.3) is 32.2 Å². The van der Waals surface area contributed by atoms with Crippen molar-refractivity contribution in [3.05, 3.63) is 125 Å². The highest BCUT2D eigenvalue weighted by Crippen LogP contribution is 2.42. The van der Waals surface area contributed by atoms with Crippen molar-refractivity contribution in [1.82, 2.24) is 30.0 Å². The highest BCUT2D eigenvalue weighted by molar-refractivity contribution is 7.22. The summed E-state index contributed by atoms with van der Waals surface area (Å²) in [5.41, 5.74) is 2.37. The molecule has 7 aromatic rings. The van der Waals surface area contributed by atoms with Crippen LogP contribution in [0.3, 0.4) is 0 Å². The SMILES string of the molecule is C[C@H](CCC1CCN(CC(=O)Nc2ccc3c(C4CCC(=O)NC4=O)nn(C)c3c2)CC1)Oc1ccc(-c2ccc(N3CCc4cccc(C(=O)Nc5nc6ccccc6s5)c4C3)nc2C(=O)OC(C)(C)C)c(C(F)(F)F)c1. The number of carbonyl (C=O) groups is 5. The molecule has 2 atom stereocenters. The summed E-state index contributed by atoms with van der Waals surface area (Å²) in [6.45, 7) is 9.20. The molecule has 3 aliphatic heterocycles. The Kier molecular flexibility index (Phi) is 15.1. The number of anilines is 3. The minimum absolute atomic E-state index is 0.0371. The number of nitrogens with zero attached hydrogens (tertiary/aromatic N) is 6. The first-order valence-corrected chi connectivity index (χ1v) is 27.0. The van der Waals surface area contributed by atoms with Gasteiger partial charge in [-0.25, -0.2) is 14.8 Å². The third-order valence-corrected chi connectivity index (χ3v) is 15.5. The normalized spacial score (nSPS) is 16.9. The molecule has 16 nitrogen and oxygen atoms in total. The Labute approximate surface area is 452 Å². The van der Waals surface area contributed by atoms with Crippen molar-refractivity contribution in [2.75, 3.05) is 41.7 Å². The predicted molar refractivity (Wildman–Crippen MR) is 292 cm³/mol. The molecule has 4 amide bonds. The van der Waals surface area contributed by atoms with Crippen LogP contribution in [0.5, 0.6) is 5.75 Å². The van der Waals surface area contributed by atoms with Gasteiger partial charge in [-0.05, 0) is 163 Å². The average Bonchev–Trinajstić information content (AvgIpc) is 4.05. The number of esters is 1. The molecule has 6 heterocycles. The molecule has 4 aromatic carbocycles. The summed E-state index contributed by atoms with van der Waals surface area (Å²) in [5.74, 6) is -1.83. The van der Waals surface area contributed by atoms with Crippen LogP contribution in [0.15, 0.2) is 91.0 Å². The topological polar surface area (TPSA) is 190 Å². The second kappa shape index (κ2) is 22.0. The summed E-state index contributed by atoms with van der Waals surface area (Å²) in [7, 11) is 1.77. The number of rotatable bonds is 14. The van der Waals surface area contributed by atoms with E-state index in [-0.39, 0.29) is 65.7 Å². The monoisotopic (exact) mass is 1080 g/mol. The Hall–Kier alpha value is -7.71. The van der Waals surface area contributed by atoms with E-state index in [1.54, 1.807) is 50.7 Å². The van der Waals surface area contributed by atoms with Crippen molar-refractivity contribution < 1.29 is 46.6 Å². The first-order chi connectivity index (χ1) is 37.2. The molecule has 0 radical (unpaired) electrons. The lowest BCUT2D eigenvalue weighted by Gasteiger charge is -2.32. The number of halogens is 3. The van der Waals surface area contributed by atoms with Crippen LogP contribution in [-0.4, -0.2) is 92.1 Å². The first kappa shape index (κ1) is 53.7. The molecule has 2 saturated heterocycles. The number of carbonyl (C=O) groups excluding carboxylic acids is 5. The van der Waals surface area contributed by atoms with Crippen molar-refractivity contribution in [2.45, 2.75) is 103 Å². The first-order valence-electron chi connectivity index (χ1n) is 26.2. The van der Waals surface area contributed by atoms with Crippen molar-refractivity contribution in [3.8, 4) is 16.9 Å². The molecule has 0 aliphatic carbocycles. The number of fused-ring (bicyclic) bond motifs is 3. The van der Waals surface area contributed by atoms with Crippen LogP contribution in [0, 0.1) is 5.92 Å². The summed E-state index contributed by atoms with van der Waals surface area (Å²) >= 11 is 1.37. The van der Waals surface area contributed by atoms with E-state index in [9.17, 15) is 24.0 Å². The second-order valence-electron chi connectivity index (χ2n) is 21.3. The van der Waals surface area contributed by atoms with E-state index in [2.05, 4.69) is 30.9 Å². The number of imide groups is 1. The van der Waals surface area contributed by atoms with Crippen LogP contribution in [0.1, 0.15) is 115 Å². The van der Waals surface area contributed by atoms with Gasteiger partial charge in [-0.1, -0.05) is 41.7 Å². The van der Waals surface area contributed by atoms with Crippen LogP contribution in [0.2, 0.25) is 0 Å². The van der Waals surface area contributed by atoms with E-state index < -0.39 is 35.3 Å². The fourth-order valence-electron chi connectivity index (χ4n) is 10.6. The lowest BCUT2D eigenvalue weighted by Crippen LogP contribution is -2.39. The van der Waals surface area contributed by atoms with E-state index in [1.807, 2.05) is 60.4 Å². The molecule has 3 aliphatic rings. The van der Waals surface area contributed by atoms with Gasteiger partial charge in [-0.15, -0.1) is 0 Å². The summed E-state index contributed by atoms with van der Waals surface area (Å²) in [4.78, 5) is 78.5. The molecule has 10 rings (SSSR count). The minimum Gasteiger partial charge on any atom is -0.491 e. The zero-order valence-electron chi connectivity index (χ0n) is 44.0. The molecule has 406 valence electrons. The Morgan fingerprint density at radius 3 is 2.41 bits per heavy atom. The summed E-state index contributed by atoms with van der Waals surface area (Å²) in [6.07, 6.45) is -0.985. The highest BCUT2D eigenvalue weighted by Gasteiger charge is 2.37. The van der Waals surface area contributed by atoms with Crippen molar-refractivity contribution in [3.63, 3.8) is 0 Å². The lowest BCUT2D eigenvalue weighted by molar-refractivity contribution is -0.137. The number of hydrogen-bond acceptors (Lipinski definition) is 13. The quantitative estimate of drug-likeness (QED) is 0.0691. The fraction of sp³-hybridized carbons (Fsp3) is 0.379. The number of piperidine rings is 2. The molecule has 0 spiro atoms. The number of para-hydroxylation sites is 1. The van der Waals surface area contributed by atoms with E-state index in [0.717, 1.165) is 57.6 Å². The number of alkyl halides is 3. The van der Waals surface area contributed by atoms with Crippen LogP contribution in [-0.2, 0) is 45.3 Å². The fourth-order valence-corrected chi connectivity index (χ4v) is 11.5. The number of nitrogens with one attached hydrogen (secondary N) is 3. The Balaban J connectivity index is 0.767. The molecule has 3 N–H and O–H groups in total. The van der Waals surface area contributed by atoms with E-state index in [0.29, 0.717) is 72.7 Å². The number of likely N-dealkylation sites (tertiary alicyclic amines) is 1. The number of aryl methyl sites for hydroxylation is 1. The van der Waals surface area contributed by atoms with Gasteiger partial charge < -0.3 is 19.7 Å². The van der Waals surface area contributed by atoms with Crippen molar-refractivity contribution >= 4 is 78.7 Å². The molecule has 2 fully saturated rings. The second-order valence-corrected chi connectivity index (χ2v) is 22.4. The maximum atomic E-state index is 15.1. The zero-order chi connectivity index (χ0) is 55.0. The standard InChI is InChI=1S/C58H60F3N9O7S/c1-33(13-14-34-23-26-69(27-24-34)32-50(72)62-36-15-17-41-46(29-36)68(5)67-51(41)42-20-22-49(71)65-54(42)74)76-37-16-18-38(44(30-37)58(59,60)61)39-19-21-48(64-52(39)55(75)77-57(2,3)4)70-28-25-35-9-8-10-40(43(35)31-70)53(73)66-56-63-45-11-6-7-12-47(45)78-56/h6-12,15-19,21,29-30,33-34,42H,13-14,20,22-28,31-32H2,1-5H3,(H,62,72)(H,63,66,73)(H,65,71,74)/t33-,42?/m1/s1. The van der Waals surface area contributed by atoms with Gasteiger partial charge in [0.2, 0.25) is 17.7 Å². The minimum atomic E-state index is -4.83. The molecular weight excluding hydrogens is 1020 g/mol.